The number of ether oxygens (including phenoxy) is 1. The molecule has 1 amide bonds. The Morgan fingerprint density at radius 1 is 1.33 bits per heavy atom. The summed E-state index contributed by atoms with van der Waals surface area (Å²) >= 11 is 0. The molecule has 7 heteroatoms. The Balaban J connectivity index is 1.64. The summed E-state index contributed by atoms with van der Waals surface area (Å²) in [6.45, 7) is 7.86. The number of nitrogens with one attached hydrogen (secondary N) is 1. The molecule has 0 aromatic rings. The molecule has 0 aromatic heterocycles. The van der Waals surface area contributed by atoms with Gasteiger partial charge in [-0.1, -0.05) is 0 Å². The molecule has 0 aromatic carbocycles. The van der Waals surface area contributed by atoms with E-state index in [1.807, 2.05) is 20.8 Å². The lowest BCUT2D eigenvalue weighted by Crippen LogP contribution is -2.57. The molecule has 120 valence electrons. The number of nitrogens with zero attached hydrogens (tertiary/aromatic N) is 1. The number of hydrogen-bond acceptors (Lipinski definition) is 4. The molecule has 0 spiro atoms. The van der Waals surface area contributed by atoms with Gasteiger partial charge >= 0.3 is 6.09 Å². The minimum absolute atomic E-state index is 0.0537. The maximum absolute atomic E-state index is 12.3. The maximum atomic E-state index is 12.3. The molecule has 2 bridgehead atoms. The normalized spacial score (nSPS) is 33.5. The number of hydrogen-bond donors (Lipinski definition) is 1. The Morgan fingerprint density at radius 2 is 1.95 bits per heavy atom. The van der Waals surface area contributed by atoms with Crippen molar-refractivity contribution >= 4 is 16.1 Å². The van der Waals surface area contributed by atoms with Crippen LogP contribution in [0.5, 0.6) is 0 Å². The Hall–Kier alpha value is -0.820. The summed E-state index contributed by atoms with van der Waals surface area (Å²) < 4.78 is 32.2. The molecule has 2 saturated carbocycles. The summed E-state index contributed by atoms with van der Waals surface area (Å²) in [5, 5.41) is 0. The van der Waals surface area contributed by atoms with Crippen LogP contribution < -0.4 is 4.72 Å². The van der Waals surface area contributed by atoms with Crippen molar-refractivity contribution in [3.8, 4) is 0 Å². The SMILES string of the molecule is CC(C)(C)OC(=O)N1CC2CC1C2NS(=O)(=O)C1(C)CC1. The molecule has 21 heavy (non-hydrogen) atoms. The van der Waals surface area contributed by atoms with Crippen molar-refractivity contribution in [3.05, 3.63) is 0 Å². The smallest absolute Gasteiger partial charge is 0.410 e. The van der Waals surface area contributed by atoms with E-state index in [1.165, 1.54) is 0 Å². The van der Waals surface area contributed by atoms with E-state index in [1.54, 1.807) is 11.8 Å². The van der Waals surface area contributed by atoms with Gasteiger partial charge in [0.15, 0.2) is 0 Å². The molecule has 4 aliphatic rings. The zero-order valence-electron chi connectivity index (χ0n) is 13.0. The van der Waals surface area contributed by atoms with Crippen LogP contribution in [0.4, 0.5) is 4.79 Å². The lowest BCUT2D eigenvalue weighted by molar-refractivity contribution is 0.0230. The quantitative estimate of drug-likeness (QED) is 0.855. The van der Waals surface area contributed by atoms with Gasteiger partial charge < -0.3 is 9.64 Å². The van der Waals surface area contributed by atoms with Crippen LogP contribution in [0.3, 0.4) is 0 Å². The first-order valence-corrected chi connectivity index (χ1v) is 9.02. The van der Waals surface area contributed by atoms with E-state index in [0.29, 0.717) is 6.54 Å². The van der Waals surface area contributed by atoms with Crippen molar-refractivity contribution < 1.29 is 17.9 Å². The number of sulfonamides is 1. The summed E-state index contributed by atoms with van der Waals surface area (Å²) in [4.78, 5) is 13.8. The molecule has 3 unspecified atom stereocenters. The molecular formula is C14H24N2O4S. The molecule has 0 radical (unpaired) electrons. The topological polar surface area (TPSA) is 75.7 Å². The average Bonchev–Trinajstić information content (AvgIpc) is 2.83. The van der Waals surface area contributed by atoms with Crippen molar-refractivity contribution in [2.24, 2.45) is 5.92 Å². The molecule has 6 nitrogen and oxygen atoms in total. The third-order valence-electron chi connectivity index (χ3n) is 4.82. The lowest BCUT2D eigenvalue weighted by Gasteiger charge is -2.37. The van der Waals surface area contributed by atoms with Crippen molar-refractivity contribution in [3.63, 3.8) is 0 Å². The maximum Gasteiger partial charge on any atom is 0.410 e. The fourth-order valence-corrected chi connectivity index (χ4v) is 4.72. The fourth-order valence-electron chi connectivity index (χ4n) is 3.09. The fraction of sp³-hybridized carbons (Fsp3) is 0.929. The van der Waals surface area contributed by atoms with E-state index in [-0.39, 0.29) is 24.1 Å². The van der Waals surface area contributed by atoms with E-state index >= 15 is 0 Å². The molecule has 4 fully saturated rings. The van der Waals surface area contributed by atoms with Crippen LogP contribution in [-0.4, -0.2) is 48.4 Å². The Kier molecular flexibility index (Phi) is 3.12. The van der Waals surface area contributed by atoms with Crippen LogP contribution >= 0.6 is 0 Å². The third kappa shape index (κ3) is 2.54. The van der Waals surface area contributed by atoms with Gasteiger partial charge in [-0.2, -0.15) is 0 Å². The Labute approximate surface area is 126 Å². The van der Waals surface area contributed by atoms with Crippen LogP contribution in [0.25, 0.3) is 0 Å². The number of rotatable bonds is 3. The van der Waals surface area contributed by atoms with Gasteiger partial charge in [-0.25, -0.2) is 17.9 Å². The molecule has 2 saturated heterocycles. The van der Waals surface area contributed by atoms with Gasteiger partial charge in [0.25, 0.3) is 0 Å². The van der Waals surface area contributed by atoms with Gasteiger partial charge in [0.1, 0.15) is 5.60 Å². The van der Waals surface area contributed by atoms with Gasteiger partial charge in [0, 0.05) is 12.6 Å². The minimum atomic E-state index is -3.29. The zero-order chi connectivity index (χ0) is 15.6. The minimum Gasteiger partial charge on any atom is -0.444 e. The van der Waals surface area contributed by atoms with Crippen LogP contribution in [0.2, 0.25) is 0 Å². The van der Waals surface area contributed by atoms with E-state index in [4.69, 9.17) is 4.74 Å². The highest BCUT2D eigenvalue weighted by Crippen LogP contribution is 2.46. The number of amides is 1. The summed E-state index contributed by atoms with van der Waals surface area (Å²) in [6, 6.07) is -0.193. The molecular weight excluding hydrogens is 292 g/mol. The van der Waals surface area contributed by atoms with Crippen molar-refractivity contribution in [2.45, 2.75) is 69.4 Å². The van der Waals surface area contributed by atoms with Gasteiger partial charge in [-0.3, -0.25) is 0 Å². The van der Waals surface area contributed by atoms with Crippen LogP contribution in [-0.2, 0) is 14.8 Å². The molecule has 2 aliphatic carbocycles. The highest BCUT2D eigenvalue weighted by atomic mass is 32.2. The van der Waals surface area contributed by atoms with Gasteiger partial charge in [0.05, 0.1) is 10.8 Å². The highest BCUT2D eigenvalue weighted by Gasteiger charge is 2.59. The second-order valence-corrected chi connectivity index (χ2v) is 10.0. The van der Waals surface area contributed by atoms with Gasteiger partial charge in [-0.15, -0.1) is 0 Å². The number of carbonyl (C=O) groups is 1. The van der Waals surface area contributed by atoms with Crippen molar-refractivity contribution in [1.82, 2.24) is 9.62 Å². The van der Waals surface area contributed by atoms with Crippen LogP contribution in [0, 0.1) is 5.92 Å². The first-order valence-electron chi connectivity index (χ1n) is 7.54. The van der Waals surface area contributed by atoms with Crippen LogP contribution in [0.15, 0.2) is 0 Å². The first-order chi connectivity index (χ1) is 9.52. The monoisotopic (exact) mass is 316 g/mol. The van der Waals surface area contributed by atoms with E-state index in [2.05, 4.69) is 4.72 Å². The predicted octanol–water partition coefficient (Wildman–Crippen LogP) is 1.47. The second-order valence-electron chi connectivity index (χ2n) is 7.79. The molecule has 2 aliphatic heterocycles. The van der Waals surface area contributed by atoms with E-state index in [9.17, 15) is 13.2 Å². The van der Waals surface area contributed by atoms with Crippen molar-refractivity contribution in [2.75, 3.05) is 6.54 Å². The highest BCUT2D eigenvalue weighted by molar-refractivity contribution is 7.91. The zero-order valence-corrected chi connectivity index (χ0v) is 13.9. The van der Waals surface area contributed by atoms with Gasteiger partial charge in [-0.05, 0) is 52.9 Å². The number of fused-ring (bicyclic) bond motifs is 1. The largest absolute Gasteiger partial charge is 0.444 e. The lowest BCUT2D eigenvalue weighted by atomic mass is 9.81. The van der Waals surface area contributed by atoms with Crippen LogP contribution in [0.1, 0.15) is 47.0 Å². The predicted molar refractivity (Wildman–Crippen MR) is 78.3 cm³/mol. The Morgan fingerprint density at radius 3 is 2.48 bits per heavy atom. The average molecular weight is 316 g/mol. The third-order valence-corrected chi connectivity index (χ3v) is 7.11. The summed E-state index contributed by atoms with van der Waals surface area (Å²) in [5.74, 6) is 0.222. The Bertz CT molecular complexity index is 562. The first kappa shape index (κ1) is 15.1. The van der Waals surface area contributed by atoms with E-state index < -0.39 is 20.4 Å². The second kappa shape index (κ2) is 4.35. The summed E-state index contributed by atoms with van der Waals surface area (Å²) in [5.41, 5.74) is -0.527. The molecule has 3 atom stereocenters. The molecule has 2 heterocycles. The molecule has 1 N–H and O–H groups in total. The summed E-state index contributed by atoms with van der Waals surface area (Å²) in [6.07, 6.45) is 1.97. The molecule has 4 rings (SSSR count). The van der Waals surface area contributed by atoms with E-state index in [0.717, 1.165) is 19.3 Å². The summed E-state index contributed by atoms with van der Waals surface area (Å²) in [7, 11) is -3.29. The number of carbonyl (C=O) groups excluding carboxylic acids is 1. The van der Waals surface area contributed by atoms with Crippen molar-refractivity contribution in [1.29, 1.82) is 0 Å². The standard InChI is InChI=1S/C14H24N2O4S/c1-13(2,3)20-12(17)16-8-9-7-10(16)11(9)15-21(18,19)14(4)5-6-14/h9-11,15H,5-8H2,1-4H3. The van der Waals surface area contributed by atoms with Gasteiger partial charge in [0.2, 0.25) is 10.0 Å².